The highest BCUT2D eigenvalue weighted by atomic mass is 16.6. The molecule has 0 amide bonds. The number of hydrogen-bond acceptors (Lipinski definition) is 6. The van der Waals surface area contributed by atoms with Crippen LogP contribution in [0.5, 0.6) is 0 Å². The minimum absolute atomic E-state index is 0.154. The molecule has 0 radical (unpaired) electrons. The van der Waals surface area contributed by atoms with Crippen molar-refractivity contribution in [1.29, 1.82) is 0 Å². The Labute approximate surface area is 172 Å². The van der Waals surface area contributed by atoms with E-state index in [9.17, 15) is 14.4 Å². The van der Waals surface area contributed by atoms with Crippen LogP contribution in [0.15, 0.2) is 35.5 Å². The molecule has 1 saturated carbocycles. The molecule has 4 atom stereocenters. The van der Waals surface area contributed by atoms with Gasteiger partial charge in [-0.05, 0) is 59.0 Å². The van der Waals surface area contributed by atoms with E-state index in [0.717, 1.165) is 12.8 Å². The first kappa shape index (κ1) is 21.3. The molecule has 3 aliphatic rings. The van der Waals surface area contributed by atoms with Crippen LogP contribution in [0.2, 0.25) is 0 Å². The number of allylic oxidation sites excluding steroid dienone is 4. The number of ether oxygens (including phenoxy) is 3. The standard InChI is InChI=1S/C23H30O6/c1-15-8-12-22-13-10-18(23(22,14-9-15)28-17(3)24)21(4,29-20(22)26)11-6-7-16(2)19(25)27-5/h6-8,11,18H,9-10,12-14H2,1-5H3/t18?,21-,22-,23+/m1/s1. The van der Waals surface area contributed by atoms with Gasteiger partial charge >= 0.3 is 17.9 Å². The normalized spacial score (nSPS) is 36.7. The van der Waals surface area contributed by atoms with E-state index in [0.29, 0.717) is 24.8 Å². The molecule has 6 heteroatoms. The monoisotopic (exact) mass is 402 g/mol. The highest BCUT2D eigenvalue weighted by molar-refractivity contribution is 5.88. The third-order valence-electron chi connectivity index (χ3n) is 6.92. The van der Waals surface area contributed by atoms with Gasteiger partial charge in [0.1, 0.15) is 16.6 Å². The Balaban J connectivity index is 2.03. The second-order valence-corrected chi connectivity index (χ2v) is 8.68. The third-order valence-corrected chi connectivity index (χ3v) is 6.92. The lowest BCUT2D eigenvalue weighted by atomic mass is 9.62. The first-order valence-corrected chi connectivity index (χ1v) is 10.1. The van der Waals surface area contributed by atoms with E-state index < -0.39 is 22.6 Å². The molecule has 0 aromatic rings. The molecule has 3 rings (SSSR count). The molecule has 2 fully saturated rings. The maximum atomic E-state index is 13.4. The van der Waals surface area contributed by atoms with E-state index >= 15 is 0 Å². The highest BCUT2D eigenvalue weighted by Gasteiger charge is 2.74. The number of carbonyl (C=O) groups is 3. The first-order valence-electron chi connectivity index (χ1n) is 10.1. The van der Waals surface area contributed by atoms with Gasteiger partial charge in [0.05, 0.1) is 7.11 Å². The van der Waals surface area contributed by atoms with E-state index in [-0.39, 0.29) is 17.9 Å². The van der Waals surface area contributed by atoms with E-state index in [4.69, 9.17) is 14.2 Å². The van der Waals surface area contributed by atoms with E-state index in [1.807, 2.05) is 13.8 Å². The predicted molar refractivity (Wildman–Crippen MR) is 107 cm³/mol. The Bertz CT molecular complexity index is 821. The predicted octanol–water partition coefficient (Wildman–Crippen LogP) is 3.81. The van der Waals surface area contributed by atoms with E-state index in [1.54, 1.807) is 25.2 Å². The molecule has 0 spiro atoms. The fraction of sp³-hybridized carbons (Fsp3) is 0.609. The van der Waals surface area contributed by atoms with Crippen molar-refractivity contribution in [2.75, 3.05) is 7.11 Å². The molecule has 158 valence electrons. The molecule has 1 saturated heterocycles. The topological polar surface area (TPSA) is 78.9 Å². The summed E-state index contributed by atoms with van der Waals surface area (Å²) in [5.74, 6) is -1.25. The Kier molecular flexibility index (Phi) is 5.50. The lowest BCUT2D eigenvalue weighted by Gasteiger charge is -2.54. The summed E-state index contributed by atoms with van der Waals surface area (Å²) in [5, 5.41) is 0. The van der Waals surface area contributed by atoms with E-state index in [2.05, 4.69) is 6.08 Å². The van der Waals surface area contributed by atoms with Gasteiger partial charge in [-0.25, -0.2) is 4.79 Å². The third kappa shape index (κ3) is 3.32. The maximum Gasteiger partial charge on any atom is 0.333 e. The summed E-state index contributed by atoms with van der Waals surface area (Å²) in [6.45, 7) is 6.97. The summed E-state index contributed by atoms with van der Waals surface area (Å²) in [7, 11) is 1.33. The summed E-state index contributed by atoms with van der Waals surface area (Å²) in [6.07, 6.45) is 10.5. The number of methoxy groups -OCH3 is 1. The van der Waals surface area contributed by atoms with Gasteiger partial charge in [0.2, 0.25) is 0 Å². The van der Waals surface area contributed by atoms with Crippen molar-refractivity contribution in [3.05, 3.63) is 35.5 Å². The van der Waals surface area contributed by atoms with Crippen LogP contribution in [0.25, 0.3) is 0 Å². The van der Waals surface area contributed by atoms with Crippen molar-refractivity contribution in [3.8, 4) is 0 Å². The number of carbonyl (C=O) groups excluding carboxylic acids is 3. The van der Waals surface area contributed by atoms with Gasteiger partial charge in [-0.15, -0.1) is 0 Å². The van der Waals surface area contributed by atoms with Crippen LogP contribution in [-0.2, 0) is 28.6 Å². The van der Waals surface area contributed by atoms with Crippen LogP contribution in [0, 0.1) is 11.3 Å². The minimum atomic E-state index is -0.933. The van der Waals surface area contributed by atoms with Gasteiger partial charge in [0, 0.05) is 18.4 Å². The van der Waals surface area contributed by atoms with Crippen molar-refractivity contribution in [1.82, 2.24) is 0 Å². The molecule has 6 nitrogen and oxygen atoms in total. The Hall–Kier alpha value is -2.37. The molecule has 0 N–H and O–H groups in total. The van der Waals surface area contributed by atoms with Gasteiger partial charge in [-0.1, -0.05) is 23.8 Å². The maximum absolute atomic E-state index is 13.4. The zero-order valence-electron chi connectivity index (χ0n) is 17.9. The van der Waals surface area contributed by atoms with Crippen LogP contribution < -0.4 is 0 Å². The fourth-order valence-corrected chi connectivity index (χ4v) is 5.41. The van der Waals surface area contributed by atoms with Crippen LogP contribution >= 0.6 is 0 Å². The minimum Gasteiger partial charge on any atom is -0.466 e. The second kappa shape index (κ2) is 7.47. The molecule has 0 aromatic carbocycles. The van der Waals surface area contributed by atoms with Gasteiger partial charge in [0.15, 0.2) is 0 Å². The Morgan fingerprint density at radius 2 is 2.00 bits per heavy atom. The number of hydrogen-bond donors (Lipinski definition) is 0. The lowest BCUT2D eigenvalue weighted by molar-refractivity contribution is -0.235. The van der Waals surface area contributed by atoms with Gasteiger partial charge in [-0.2, -0.15) is 0 Å². The largest absolute Gasteiger partial charge is 0.466 e. The zero-order chi connectivity index (χ0) is 21.4. The molecule has 0 aromatic heterocycles. The molecule has 1 aliphatic heterocycles. The summed E-state index contributed by atoms with van der Waals surface area (Å²) in [5.41, 5.74) is -1.00. The Morgan fingerprint density at radius 1 is 1.28 bits per heavy atom. The molecular weight excluding hydrogens is 372 g/mol. The zero-order valence-corrected chi connectivity index (χ0v) is 17.9. The highest BCUT2D eigenvalue weighted by Crippen LogP contribution is 2.65. The SMILES string of the molecule is COC(=O)C(C)=CC=C[C@@]1(C)OC(=O)[C@]23CC=C(C)CC[C@]2(OC(C)=O)C1CC3. The van der Waals surface area contributed by atoms with Gasteiger partial charge in [0.25, 0.3) is 0 Å². The second-order valence-electron chi connectivity index (χ2n) is 8.68. The molecule has 2 bridgehead atoms. The molecule has 1 heterocycles. The molecule has 29 heavy (non-hydrogen) atoms. The average Bonchev–Trinajstić information content (AvgIpc) is 2.83. The number of esters is 3. The van der Waals surface area contributed by atoms with Crippen molar-refractivity contribution in [2.45, 2.75) is 71.0 Å². The smallest absolute Gasteiger partial charge is 0.333 e. The lowest BCUT2D eigenvalue weighted by Crippen LogP contribution is -2.65. The van der Waals surface area contributed by atoms with Crippen LogP contribution in [0.1, 0.15) is 59.8 Å². The molecule has 2 aliphatic carbocycles. The fourth-order valence-electron chi connectivity index (χ4n) is 5.41. The summed E-state index contributed by atoms with van der Waals surface area (Å²) in [6, 6.07) is 0. The quantitative estimate of drug-likeness (QED) is 0.234. The van der Waals surface area contributed by atoms with Gasteiger partial charge < -0.3 is 14.2 Å². The van der Waals surface area contributed by atoms with E-state index in [1.165, 1.54) is 19.6 Å². The molecule has 1 unspecified atom stereocenters. The number of rotatable bonds is 4. The summed E-state index contributed by atoms with van der Waals surface area (Å²) < 4.78 is 16.7. The van der Waals surface area contributed by atoms with Gasteiger partial charge in [-0.3, -0.25) is 9.59 Å². The van der Waals surface area contributed by atoms with Crippen molar-refractivity contribution < 1.29 is 28.6 Å². The van der Waals surface area contributed by atoms with Crippen LogP contribution in [0.4, 0.5) is 0 Å². The van der Waals surface area contributed by atoms with Crippen molar-refractivity contribution in [3.63, 3.8) is 0 Å². The van der Waals surface area contributed by atoms with Crippen molar-refractivity contribution >= 4 is 17.9 Å². The van der Waals surface area contributed by atoms with Crippen LogP contribution in [-0.4, -0.2) is 36.2 Å². The number of cyclic esters (lactones) is 1. The van der Waals surface area contributed by atoms with Crippen LogP contribution in [0.3, 0.4) is 0 Å². The molecular formula is C23H30O6. The Morgan fingerprint density at radius 3 is 2.66 bits per heavy atom. The average molecular weight is 402 g/mol. The summed E-state index contributed by atoms with van der Waals surface area (Å²) in [4.78, 5) is 37.1. The summed E-state index contributed by atoms with van der Waals surface area (Å²) >= 11 is 0. The first-order chi connectivity index (χ1) is 13.6. The van der Waals surface area contributed by atoms with Crippen molar-refractivity contribution in [2.24, 2.45) is 11.3 Å².